The fourth-order valence-corrected chi connectivity index (χ4v) is 3.80. The molecule has 1 fully saturated rings. The molecule has 3 nitrogen and oxygen atoms in total. The third-order valence-electron chi connectivity index (χ3n) is 2.78. The molecular formula is C11H13ClFNO2S. The molecule has 1 saturated heterocycles. The number of hydrogen-bond acceptors (Lipinski definition) is 3. The van der Waals surface area contributed by atoms with Gasteiger partial charge in [0.1, 0.15) is 5.82 Å². The van der Waals surface area contributed by atoms with Gasteiger partial charge in [0.25, 0.3) is 0 Å². The van der Waals surface area contributed by atoms with Crippen molar-refractivity contribution in [3.8, 4) is 0 Å². The molecule has 1 N–H and O–H groups in total. The van der Waals surface area contributed by atoms with E-state index in [4.69, 9.17) is 11.6 Å². The lowest BCUT2D eigenvalue weighted by Crippen LogP contribution is -2.25. The van der Waals surface area contributed by atoms with E-state index in [-0.39, 0.29) is 22.6 Å². The Bertz CT molecular complexity index is 518. The molecule has 0 bridgehead atoms. The highest BCUT2D eigenvalue weighted by Gasteiger charge is 2.25. The standard InChI is InChI=1S/C11H13ClFNO2S/c12-10-6-8(13)2-3-9(10)11-7-17(15,16)5-1-4-14-11/h2-3,6,11,14H,1,4-5,7H2. The summed E-state index contributed by atoms with van der Waals surface area (Å²) in [4.78, 5) is 0. The second-order valence-electron chi connectivity index (χ2n) is 4.14. The van der Waals surface area contributed by atoms with E-state index in [1.807, 2.05) is 0 Å². The van der Waals surface area contributed by atoms with Gasteiger partial charge in [-0.05, 0) is 30.7 Å². The smallest absolute Gasteiger partial charge is 0.152 e. The largest absolute Gasteiger partial charge is 0.309 e. The monoisotopic (exact) mass is 277 g/mol. The molecule has 1 aliphatic heterocycles. The zero-order valence-corrected chi connectivity index (χ0v) is 10.7. The fourth-order valence-electron chi connectivity index (χ4n) is 1.95. The van der Waals surface area contributed by atoms with Crippen molar-refractivity contribution < 1.29 is 12.8 Å². The van der Waals surface area contributed by atoms with Crippen molar-refractivity contribution in [1.29, 1.82) is 0 Å². The van der Waals surface area contributed by atoms with Gasteiger partial charge in [0.2, 0.25) is 0 Å². The van der Waals surface area contributed by atoms with Crippen LogP contribution in [0.25, 0.3) is 0 Å². The van der Waals surface area contributed by atoms with E-state index in [0.717, 1.165) is 0 Å². The lowest BCUT2D eigenvalue weighted by atomic mass is 10.1. The Hall–Kier alpha value is -0.650. The summed E-state index contributed by atoms with van der Waals surface area (Å²) < 4.78 is 36.3. The van der Waals surface area contributed by atoms with Gasteiger partial charge in [-0.15, -0.1) is 0 Å². The van der Waals surface area contributed by atoms with Crippen LogP contribution in [0.1, 0.15) is 18.0 Å². The summed E-state index contributed by atoms with van der Waals surface area (Å²) in [6.07, 6.45) is 0.595. The van der Waals surface area contributed by atoms with Crippen LogP contribution in [0.2, 0.25) is 5.02 Å². The van der Waals surface area contributed by atoms with Gasteiger partial charge in [0.15, 0.2) is 9.84 Å². The van der Waals surface area contributed by atoms with E-state index >= 15 is 0 Å². The van der Waals surface area contributed by atoms with Crippen LogP contribution in [0.4, 0.5) is 4.39 Å². The zero-order valence-electron chi connectivity index (χ0n) is 9.12. The molecule has 17 heavy (non-hydrogen) atoms. The van der Waals surface area contributed by atoms with Gasteiger partial charge in [-0.2, -0.15) is 0 Å². The molecule has 6 heteroatoms. The third kappa shape index (κ3) is 3.18. The molecule has 1 aromatic rings. The maximum Gasteiger partial charge on any atom is 0.152 e. The summed E-state index contributed by atoms with van der Waals surface area (Å²) >= 11 is 5.93. The van der Waals surface area contributed by atoms with Crippen LogP contribution >= 0.6 is 11.6 Å². The summed E-state index contributed by atoms with van der Waals surface area (Å²) in [6, 6.07) is 3.68. The molecule has 0 radical (unpaired) electrons. The number of nitrogens with one attached hydrogen (secondary N) is 1. The lowest BCUT2D eigenvalue weighted by Gasteiger charge is -2.17. The maximum atomic E-state index is 12.9. The second kappa shape index (κ2) is 4.92. The lowest BCUT2D eigenvalue weighted by molar-refractivity contribution is 0.570. The van der Waals surface area contributed by atoms with Gasteiger partial charge in [0.05, 0.1) is 11.5 Å². The first-order valence-electron chi connectivity index (χ1n) is 5.37. The predicted molar refractivity (Wildman–Crippen MR) is 65.4 cm³/mol. The molecule has 1 unspecified atom stereocenters. The van der Waals surface area contributed by atoms with Crippen LogP contribution in [0, 0.1) is 5.82 Å². The van der Waals surface area contributed by atoms with Crippen LogP contribution in [-0.2, 0) is 9.84 Å². The summed E-state index contributed by atoms with van der Waals surface area (Å²) in [6.45, 7) is 0.623. The van der Waals surface area contributed by atoms with Crippen molar-refractivity contribution in [2.75, 3.05) is 18.1 Å². The van der Waals surface area contributed by atoms with E-state index < -0.39 is 15.7 Å². The summed E-state index contributed by atoms with van der Waals surface area (Å²) in [5.41, 5.74) is 0.638. The van der Waals surface area contributed by atoms with Crippen molar-refractivity contribution in [2.24, 2.45) is 0 Å². The number of sulfone groups is 1. The average molecular weight is 278 g/mol. The topological polar surface area (TPSA) is 46.2 Å². The van der Waals surface area contributed by atoms with Gasteiger partial charge in [0, 0.05) is 11.1 Å². The minimum atomic E-state index is -3.06. The first-order valence-corrected chi connectivity index (χ1v) is 7.57. The van der Waals surface area contributed by atoms with E-state index in [2.05, 4.69) is 5.32 Å². The summed E-state index contributed by atoms with van der Waals surface area (Å²) in [7, 11) is -3.06. The highest BCUT2D eigenvalue weighted by Crippen LogP contribution is 2.26. The molecule has 1 aromatic carbocycles. The van der Waals surface area contributed by atoms with Gasteiger partial charge in [-0.25, -0.2) is 12.8 Å². The Morgan fingerprint density at radius 1 is 1.41 bits per heavy atom. The Morgan fingerprint density at radius 2 is 2.18 bits per heavy atom. The average Bonchev–Trinajstić information content (AvgIpc) is 2.39. The Labute approximate surface area is 105 Å². The van der Waals surface area contributed by atoms with E-state index in [9.17, 15) is 12.8 Å². The molecule has 0 saturated carbocycles. The predicted octanol–water partition coefficient (Wildman–Crippen LogP) is 1.93. The molecule has 2 rings (SSSR count). The zero-order chi connectivity index (χ0) is 12.5. The van der Waals surface area contributed by atoms with Crippen molar-refractivity contribution in [1.82, 2.24) is 5.32 Å². The van der Waals surface area contributed by atoms with Gasteiger partial charge in [-0.1, -0.05) is 17.7 Å². The highest BCUT2D eigenvalue weighted by molar-refractivity contribution is 7.91. The van der Waals surface area contributed by atoms with E-state index in [1.165, 1.54) is 18.2 Å². The quantitative estimate of drug-likeness (QED) is 0.853. The van der Waals surface area contributed by atoms with Crippen LogP contribution in [0.15, 0.2) is 18.2 Å². The van der Waals surface area contributed by atoms with Crippen LogP contribution in [0.3, 0.4) is 0 Å². The second-order valence-corrected chi connectivity index (χ2v) is 6.78. The molecule has 0 amide bonds. The third-order valence-corrected chi connectivity index (χ3v) is 4.86. The van der Waals surface area contributed by atoms with Gasteiger partial charge >= 0.3 is 0 Å². The minimum absolute atomic E-state index is 0.0123. The number of rotatable bonds is 1. The maximum absolute atomic E-state index is 12.9. The molecule has 1 atom stereocenters. The molecule has 0 aliphatic carbocycles. The summed E-state index contributed by atoms with van der Waals surface area (Å²) in [5.74, 6) is -0.219. The van der Waals surface area contributed by atoms with Gasteiger partial charge < -0.3 is 5.32 Å². The SMILES string of the molecule is O=S1(=O)CCCNC(c2ccc(F)cc2Cl)C1. The van der Waals surface area contributed by atoms with E-state index in [1.54, 1.807) is 0 Å². The van der Waals surface area contributed by atoms with Crippen molar-refractivity contribution in [3.63, 3.8) is 0 Å². The van der Waals surface area contributed by atoms with Crippen LogP contribution < -0.4 is 5.32 Å². The Morgan fingerprint density at radius 3 is 2.88 bits per heavy atom. The molecule has 0 aromatic heterocycles. The first-order chi connectivity index (χ1) is 7.98. The van der Waals surface area contributed by atoms with Crippen LogP contribution in [-0.4, -0.2) is 26.5 Å². The Balaban J connectivity index is 2.32. The fraction of sp³-hybridized carbons (Fsp3) is 0.455. The molecule has 1 heterocycles. The Kier molecular flexibility index (Phi) is 3.70. The minimum Gasteiger partial charge on any atom is -0.309 e. The number of benzene rings is 1. The number of hydrogen-bond donors (Lipinski definition) is 1. The highest BCUT2D eigenvalue weighted by atomic mass is 35.5. The van der Waals surface area contributed by atoms with E-state index in [0.29, 0.717) is 18.5 Å². The number of halogens is 2. The van der Waals surface area contributed by atoms with Crippen LogP contribution in [0.5, 0.6) is 0 Å². The molecule has 1 aliphatic rings. The molecular weight excluding hydrogens is 265 g/mol. The summed E-state index contributed by atoms with van der Waals surface area (Å²) in [5, 5.41) is 3.39. The normalized spacial score (nSPS) is 24.2. The van der Waals surface area contributed by atoms with Crippen molar-refractivity contribution in [3.05, 3.63) is 34.6 Å². The van der Waals surface area contributed by atoms with Crippen molar-refractivity contribution >= 4 is 21.4 Å². The van der Waals surface area contributed by atoms with Crippen molar-refractivity contribution in [2.45, 2.75) is 12.5 Å². The molecule has 0 spiro atoms. The van der Waals surface area contributed by atoms with Gasteiger partial charge in [-0.3, -0.25) is 0 Å². The molecule has 94 valence electrons. The first kappa shape index (κ1) is 12.8.